The molecule has 3 rings (SSSR count). The van der Waals surface area contributed by atoms with E-state index in [-0.39, 0.29) is 0 Å². The number of hydrogen-bond acceptors (Lipinski definition) is 3. The Kier molecular flexibility index (Phi) is 2.42. The monoisotopic (exact) mass is 238 g/mol. The van der Waals surface area contributed by atoms with Gasteiger partial charge in [0.1, 0.15) is 5.60 Å². The SMILES string of the molecule is OC1(c2ncccc2Cl)CC2CCC(C1)N2. The Labute approximate surface area is 99.8 Å². The topological polar surface area (TPSA) is 45.2 Å². The van der Waals surface area contributed by atoms with Crippen molar-refractivity contribution in [1.82, 2.24) is 10.3 Å². The van der Waals surface area contributed by atoms with E-state index in [2.05, 4.69) is 10.3 Å². The number of fused-ring (bicyclic) bond motifs is 2. The normalized spacial score (nSPS) is 37.6. The minimum absolute atomic E-state index is 0.418. The summed E-state index contributed by atoms with van der Waals surface area (Å²) in [7, 11) is 0. The van der Waals surface area contributed by atoms with E-state index in [4.69, 9.17) is 11.6 Å². The van der Waals surface area contributed by atoms with Gasteiger partial charge in [0.15, 0.2) is 0 Å². The quantitative estimate of drug-likeness (QED) is 0.785. The number of rotatable bonds is 1. The van der Waals surface area contributed by atoms with Gasteiger partial charge in [-0.1, -0.05) is 11.6 Å². The summed E-state index contributed by atoms with van der Waals surface area (Å²) >= 11 is 6.12. The van der Waals surface area contributed by atoms with E-state index in [1.54, 1.807) is 18.3 Å². The zero-order valence-corrected chi connectivity index (χ0v) is 9.74. The second-order valence-corrected chi connectivity index (χ2v) is 5.32. The first-order valence-corrected chi connectivity index (χ1v) is 6.15. The van der Waals surface area contributed by atoms with Crippen LogP contribution in [-0.4, -0.2) is 22.2 Å². The molecule has 1 aromatic rings. The molecule has 3 heterocycles. The van der Waals surface area contributed by atoms with Crippen LogP contribution in [0.25, 0.3) is 0 Å². The molecule has 16 heavy (non-hydrogen) atoms. The van der Waals surface area contributed by atoms with Crippen LogP contribution in [0.15, 0.2) is 18.3 Å². The number of aromatic nitrogens is 1. The number of pyridine rings is 1. The Morgan fingerprint density at radius 1 is 1.38 bits per heavy atom. The lowest BCUT2D eigenvalue weighted by Crippen LogP contribution is -2.47. The minimum atomic E-state index is -0.838. The summed E-state index contributed by atoms with van der Waals surface area (Å²) in [5.74, 6) is 0. The van der Waals surface area contributed by atoms with Gasteiger partial charge in [-0.3, -0.25) is 4.98 Å². The van der Waals surface area contributed by atoms with Crippen LogP contribution in [0.3, 0.4) is 0 Å². The third-order valence-electron chi connectivity index (χ3n) is 3.70. The second kappa shape index (κ2) is 3.69. The molecule has 2 bridgehead atoms. The summed E-state index contributed by atoms with van der Waals surface area (Å²) in [6.07, 6.45) is 5.44. The molecule has 0 amide bonds. The Hall–Kier alpha value is -0.640. The maximum absolute atomic E-state index is 10.7. The van der Waals surface area contributed by atoms with Gasteiger partial charge in [-0.05, 0) is 37.8 Å². The third kappa shape index (κ3) is 1.63. The average Bonchev–Trinajstić information content (AvgIpc) is 2.59. The smallest absolute Gasteiger partial charge is 0.111 e. The van der Waals surface area contributed by atoms with Crippen molar-refractivity contribution < 1.29 is 5.11 Å². The van der Waals surface area contributed by atoms with Crippen LogP contribution >= 0.6 is 11.6 Å². The van der Waals surface area contributed by atoms with Crippen LogP contribution in [0.2, 0.25) is 5.02 Å². The molecule has 2 aliphatic heterocycles. The van der Waals surface area contributed by atoms with Gasteiger partial charge in [-0.15, -0.1) is 0 Å². The summed E-state index contributed by atoms with van der Waals surface area (Å²) in [4.78, 5) is 4.26. The molecule has 0 radical (unpaired) electrons. The second-order valence-electron chi connectivity index (χ2n) is 4.91. The van der Waals surface area contributed by atoms with Crippen LogP contribution in [0.1, 0.15) is 31.4 Å². The van der Waals surface area contributed by atoms with Crippen molar-refractivity contribution in [3.8, 4) is 0 Å². The molecular weight excluding hydrogens is 224 g/mol. The fraction of sp³-hybridized carbons (Fsp3) is 0.583. The molecule has 1 aromatic heterocycles. The summed E-state index contributed by atoms with van der Waals surface area (Å²) < 4.78 is 0. The van der Waals surface area contributed by atoms with Gasteiger partial charge in [0, 0.05) is 18.3 Å². The van der Waals surface area contributed by atoms with Crippen LogP contribution < -0.4 is 5.32 Å². The van der Waals surface area contributed by atoms with Gasteiger partial charge in [0.2, 0.25) is 0 Å². The molecule has 3 nitrogen and oxygen atoms in total. The molecule has 2 fully saturated rings. The van der Waals surface area contributed by atoms with Gasteiger partial charge >= 0.3 is 0 Å². The number of aliphatic hydroxyl groups is 1. The predicted molar refractivity (Wildman–Crippen MR) is 62.3 cm³/mol. The maximum atomic E-state index is 10.7. The van der Waals surface area contributed by atoms with Crippen molar-refractivity contribution >= 4 is 11.6 Å². The van der Waals surface area contributed by atoms with E-state index in [9.17, 15) is 5.11 Å². The largest absolute Gasteiger partial charge is 0.383 e. The van der Waals surface area contributed by atoms with Gasteiger partial charge in [-0.2, -0.15) is 0 Å². The molecular formula is C12H15ClN2O. The highest BCUT2D eigenvalue weighted by Crippen LogP contribution is 2.41. The van der Waals surface area contributed by atoms with Crippen molar-refractivity contribution in [3.63, 3.8) is 0 Å². The third-order valence-corrected chi connectivity index (χ3v) is 4.01. The number of hydrogen-bond donors (Lipinski definition) is 2. The van der Waals surface area contributed by atoms with Crippen LogP contribution in [0.5, 0.6) is 0 Å². The van der Waals surface area contributed by atoms with E-state index in [0.717, 1.165) is 25.7 Å². The fourth-order valence-corrected chi connectivity index (χ4v) is 3.34. The van der Waals surface area contributed by atoms with Gasteiger partial charge in [0.05, 0.1) is 10.7 Å². The molecule has 0 aromatic carbocycles. The van der Waals surface area contributed by atoms with Crippen molar-refractivity contribution in [3.05, 3.63) is 29.0 Å². The molecule has 0 saturated carbocycles. The van der Waals surface area contributed by atoms with Crippen molar-refractivity contribution in [2.75, 3.05) is 0 Å². The minimum Gasteiger partial charge on any atom is -0.383 e. The zero-order valence-electron chi connectivity index (χ0n) is 8.99. The Morgan fingerprint density at radius 2 is 2.06 bits per heavy atom. The molecule has 2 unspecified atom stereocenters. The summed E-state index contributed by atoms with van der Waals surface area (Å²) in [6.45, 7) is 0. The average molecular weight is 239 g/mol. The van der Waals surface area contributed by atoms with Crippen LogP contribution in [0.4, 0.5) is 0 Å². The van der Waals surface area contributed by atoms with E-state index >= 15 is 0 Å². The molecule has 2 N–H and O–H groups in total. The molecule has 2 atom stereocenters. The van der Waals surface area contributed by atoms with Crippen molar-refractivity contribution in [2.45, 2.75) is 43.4 Å². The number of nitrogens with one attached hydrogen (secondary N) is 1. The maximum Gasteiger partial charge on any atom is 0.111 e. The Bertz CT molecular complexity index is 398. The highest BCUT2D eigenvalue weighted by molar-refractivity contribution is 6.31. The predicted octanol–water partition coefficient (Wildman–Crippen LogP) is 1.84. The van der Waals surface area contributed by atoms with Gasteiger partial charge in [0.25, 0.3) is 0 Å². The Morgan fingerprint density at radius 3 is 2.69 bits per heavy atom. The highest BCUT2D eigenvalue weighted by Gasteiger charge is 2.45. The Balaban J connectivity index is 1.96. The lowest BCUT2D eigenvalue weighted by Gasteiger charge is -2.37. The molecule has 2 aliphatic rings. The van der Waals surface area contributed by atoms with E-state index in [1.165, 1.54) is 0 Å². The van der Waals surface area contributed by atoms with E-state index < -0.39 is 5.60 Å². The molecule has 4 heteroatoms. The first-order valence-electron chi connectivity index (χ1n) is 5.77. The van der Waals surface area contributed by atoms with E-state index in [0.29, 0.717) is 22.8 Å². The number of halogens is 1. The van der Waals surface area contributed by atoms with Crippen molar-refractivity contribution in [2.24, 2.45) is 0 Å². The van der Waals surface area contributed by atoms with Gasteiger partial charge in [-0.25, -0.2) is 0 Å². The standard InChI is InChI=1S/C12H15ClN2O/c13-10-2-1-5-14-11(10)12(16)6-8-3-4-9(7-12)15-8/h1-2,5,8-9,15-16H,3-4,6-7H2. The van der Waals surface area contributed by atoms with Crippen molar-refractivity contribution in [1.29, 1.82) is 0 Å². The summed E-state index contributed by atoms with van der Waals surface area (Å²) in [6, 6.07) is 4.43. The van der Waals surface area contributed by atoms with Gasteiger partial charge < -0.3 is 10.4 Å². The first kappa shape index (κ1) is 10.5. The number of piperidine rings is 1. The zero-order chi connectivity index (χ0) is 11.2. The molecule has 2 saturated heterocycles. The molecule has 0 aliphatic carbocycles. The molecule has 86 valence electrons. The lowest BCUT2D eigenvalue weighted by molar-refractivity contribution is -0.0151. The highest BCUT2D eigenvalue weighted by atomic mass is 35.5. The summed E-state index contributed by atoms with van der Waals surface area (Å²) in [5.41, 5.74) is -0.190. The summed E-state index contributed by atoms with van der Waals surface area (Å²) in [5, 5.41) is 14.8. The van der Waals surface area contributed by atoms with Crippen LogP contribution in [-0.2, 0) is 5.60 Å². The fourth-order valence-electron chi connectivity index (χ4n) is 3.04. The number of nitrogens with zero attached hydrogens (tertiary/aromatic N) is 1. The van der Waals surface area contributed by atoms with E-state index in [1.807, 2.05) is 0 Å². The first-order chi connectivity index (χ1) is 7.67. The molecule has 0 spiro atoms. The lowest BCUT2D eigenvalue weighted by atomic mass is 9.84. The van der Waals surface area contributed by atoms with Crippen LogP contribution in [0, 0.1) is 0 Å².